The van der Waals surface area contributed by atoms with Crippen LogP contribution in [0.15, 0.2) is 24.4 Å². The molecule has 17 heavy (non-hydrogen) atoms. The van der Waals surface area contributed by atoms with Crippen LogP contribution in [0.25, 0.3) is 5.69 Å². The summed E-state index contributed by atoms with van der Waals surface area (Å²) in [5.41, 5.74) is 6.14. The predicted molar refractivity (Wildman–Crippen MR) is 59.9 cm³/mol. The average molecular weight is 235 g/mol. The van der Waals surface area contributed by atoms with Crippen molar-refractivity contribution in [2.24, 2.45) is 0 Å². The molecule has 0 bridgehead atoms. The van der Waals surface area contributed by atoms with Gasteiger partial charge < -0.3 is 5.73 Å². The number of nitrogens with zero attached hydrogens (tertiary/aromatic N) is 2. The second-order valence-electron chi connectivity index (χ2n) is 4.29. The SMILES string of the molecule is Nc1cc(F)c(-n2ccc(C3CC3)n2)c(F)c1. The summed E-state index contributed by atoms with van der Waals surface area (Å²) in [7, 11) is 0. The zero-order valence-electron chi connectivity index (χ0n) is 9.03. The Kier molecular flexibility index (Phi) is 2.14. The van der Waals surface area contributed by atoms with Crippen LogP contribution in [0.5, 0.6) is 0 Å². The molecule has 1 heterocycles. The van der Waals surface area contributed by atoms with Crippen molar-refractivity contribution in [2.75, 3.05) is 5.73 Å². The van der Waals surface area contributed by atoms with Crippen molar-refractivity contribution in [3.8, 4) is 5.69 Å². The molecule has 0 radical (unpaired) electrons. The lowest BCUT2D eigenvalue weighted by Gasteiger charge is -2.05. The Morgan fingerprint density at radius 3 is 2.47 bits per heavy atom. The van der Waals surface area contributed by atoms with Crippen LogP contribution in [0.2, 0.25) is 0 Å². The van der Waals surface area contributed by atoms with Crippen molar-refractivity contribution in [3.05, 3.63) is 41.7 Å². The Balaban J connectivity index is 2.07. The molecule has 88 valence electrons. The van der Waals surface area contributed by atoms with E-state index in [4.69, 9.17) is 5.73 Å². The molecule has 1 saturated carbocycles. The monoisotopic (exact) mass is 235 g/mol. The standard InChI is InChI=1S/C12H11F2N3/c13-9-5-8(15)6-10(14)12(9)17-4-3-11(16-17)7-1-2-7/h3-7H,1-2,15H2. The zero-order chi connectivity index (χ0) is 12.0. The van der Waals surface area contributed by atoms with Gasteiger partial charge in [0.25, 0.3) is 0 Å². The number of aromatic nitrogens is 2. The lowest BCUT2D eigenvalue weighted by Crippen LogP contribution is -2.04. The summed E-state index contributed by atoms with van der Waals surface area (Å²) in [5.74, 6) is -0.947. The number of nitrogens with two attached hydrogens (primary N) is 1. The van der Waals surface area contributed by atoms with Gasteiger partial charge in [0.1, 0.15) is 5.69 Å². The molecule has 1 aliphatic rings. The third-order valence-electron chi connectivity index (χ3n) is 2.87. The summed E-state index contributed by atoms with van der Waals surface area (Å²) in [5, 5.41) is 4.19. The van der Waals surface area contributed by atoms with Crippen LogP contribution in [-0.4, -0.2) is 9.78 Å². The van der Waals surface area contributed by atoms with Gasteiger partial charge in [-0.15, -0.1) is 0 Å². The molecule has 2 N–H and O–H groups in total. The van der Waals surface area contributed by atoms with Gasteiger partial charge in [-0.05, 0) is 31.0 Å². The molecule has 1 aromatic carbocycles. The van der Waals surface area contributed by atoms with E-state index in [-0.39, 0.29) is 11.4 Å². The minimum atomic E-state index is -0.701. The molecule has 1 aromatic heterocycles. The van der Waals surface area contributed by atoms with Gasteiger partial charge in [-0.1, -0.05) is 0 Å². The van der Waals surface area contributed by atoms with Crippen LogP contribution in [0.4, 0.5) is 14.5 Å². The number of benzene rings is 1. The maximum absolute atomic E-state index is 13.6. The first-order valence-corrected chi connectivity index (χ1v) is 5.45. The number of nitrogen functional groups attached to an aromatic ring is 1. The third-order valence-corrected chi connectivity index (χ3v) is 2.87. The van der Waals surface area contributed by atoms with Gasteiger partial charge in [0.15, 0.2) is 11.6 Å². The van der Waals surface area contributed by atoms with Gasteiger partial charge in [0.05, 0.1) is 5.69 Å². The smallest absolute Gasteiger partial charge is 0.153 e. The van der Waals surface area contributed by atoms with Gasteiger partial charge in [0, 0.05) is 17.8 Å². The van der Waals surface area contributed by atoms with Crippen LogP contribution in [0.1, 0.15) is 24.5 Å². The van der Waals surface area contributed by atoms with E-state index in [1.54, 1.807) is 12.3 Å². The molecule has 0 saturated heterocycles. The van der Waals surface area contributed by atoms with Crippen LogP contribution in [-0.2, 0) is 0 Å². The molecular formula is C12H11F2N3. The van der Waals surface area contributed by atoms with E-state index in [2.05, 4.69) is 5.10 Å². The van der Waals surface area contributed by atoms with Crippen molar-refractivity contribution < 1.29 is 8.78 Å². The number of halogens is 2. The number of rotatable bonds is 2. The van der Waals surface area contributed by atoms with Gasteiger partial charge in [-0.2, -0.15) is 5.10 Å². The van der Waals surface area contributed by atoms with E-state index in [0.717, 1.165) is 30.7 Å². The normalized spacial score (nSPS) is 15.2. The first-order chi connectivity index (χ1) is 8.15. The Morgan fingerprint density at radius 2 is 1.88 bits per heavy atom. The molecule has 0 unspecified atom stereocenters. The molecule has 1 fully saturated rings. The number of hydrogen-bond donors (Lipinski definition) is 1. The highest BCUT2D eigenvalue weighted by atomic mass is 19.1. The molecule has 3 rings (SSSR count). The summed E-state index contributed by atoms with van der Waals surface area (Å²) in [6.07, 6.45) is 3.78. The maximum Gasteiger partial charge on any atom is 0.153 e. The molecule has 0 amide bonds. The van der Waals surface area contributed by atoms with Crippen molar-refractivity contribution >= 4 is 5.69 Å². The molecule has 5 heteroatoms. The van der Waals surface area contributed by atoms with E-state index in [0.29, 0.717) is 5.92 Å². The largest absolute Gasteiger partial charge is 0.399 e. The minimum absolute atomic E-state index is 0.0679. The van der Waals surface area contributed by atoms with Crippen LogP contribution in [0.3, 0.4) is 0 Å². The van der Waals surface area contributed by atoms with E-state index in [1.807, 2.05) is 0 Å². The summed E-state index contributed by atoms with van der Waals surface area (Å²) in [4.78, 5) is 0. The van der Waals surface area contributed by atoms with Gasteiger partial charge in [-0.3, -0.25) is 0 Å². The molecule has 0 aliphatic heterocycles. The quantitative estimate of drug-likeness (QED) is 0.813. The Bertz CT molecular complexity index is 550. The molecule has 1 aliphatic carbocycles. The fraction of sp³-hybridized carbons (Fsp3) is 0.250. The fourth-order valence-electron chi connectivity index (χ4n) is 1.86. The number of hydrogen-bond acceptors (Lipinski definition) is 2. The van der Waals surface area contributed by atoms with Gasteiger partial charge in [0.2, 0.25) is 0 Å². The van der Waals surface area contributed by atoms with Crippen molar-refractivity contribution in [1.29, 1.82) is 0 Å². The topological polar surface area (TPSA) is 43.8 Å². The van der Waals surface area contributed by atoms with Crippen LogP contribution in [0, 0.1) is 11.6 Å². The van der Waals surface area contributed by atoms with Crippen LogP contribution < -0.4 is 5.73 Å². The molecule has 0 atom stereocenters. The van der Waals surface area contributed by atoms with E-state index in [9.17, 15) is 8.78 Å². The molecule has 3 nitrogen and oxygen atoms in total. The maximum atomic E-state index is 13.6. The summed E-state index contributed by atoms with van der Waals surface area (Å²) in [6.45, 7) is 0. The van der Waals surface area contributed by atoms with Crippen molar-refractivity contribution in [1.82, 2.24) is 9.78 Å². The fourth-order valence-corrected chi connectivity index (χ4v) is 1.86. The summed E-state index contributed by atoms with van der Waals surface area (Å²) in [6, 6.07) is 3.99. The first-order valence-electron chi connectivity index (χ1n) is 5.45. The summed E-state index contributed by atoms with van der Waals surface area (Å²) >= 11 is 0. The second-order valence-corrected chi connectivity index (χ2v) is 4.29. The highest BCUT2D eigenvalue weighted by Crippen LogP contribution is 2.39. The third kappa shape index (κ3) is 1.77. The predicted octanol–water partition coefficient (Wildman–Crippen LogP) is 2.61. The Morgan fingerprint density at radius 1 is 1.24 bits per heavy atom. The highest BCUT2D eigenvalue weighted by molar-refractivity contribution is 5.47. The Hall–Kier alpha value is -1.91. The average Bonchev–Trinajstić information content (AvgIpc) is 2.98. The van der Waals surface area contributed by atoms with Crippen LogP contribution >= 0.6 is 0 Å². The van der Waals surface area contributed by atoms with Crippen molar-refractivity contribution in [2.45, 2.75) is 18.8 Å². The van der Waals surface area contributed by atoms with E-state index in [1.165, 1.54) is 4.68 Å². The Labute approximate surface area is 96.9 Å². The summed E-state index contributed by atoms with van der Waals surface area (Å²) < 4.78 is 28.5. The highest BCUT2D eigenvalue weighted by Gasteiger charge is 2.26. The molecule has 2 aromatic rings. The van der Waals surface area contributed by atoms with Crippen molar-refractivity contribution in [3.63, 3.8) is 0 Å². The van der Waals surface area contributed by atoms with E-state index < -0.39 is 11.6 Å². The zero-order valence-corrected chi connectivity index (χ0v) is 9.03. The lowest BCUT2D eigenvalue weighted by molar-refractivity contribution is 0.560. The van der Waals surface area contributed by atoms with E-state index >= 15 is 0 Å². The molecule has 0 spiro atoms. The minimum Gasteiger partial charge on any atom is -0.399 e. The first kappa shape index (κ1) is 10.3. The number of anilines is 1. The van der Waals surface area contributed by atoms with Gasteiger partial charge in [-0.25, -0.2) is 13.5 Å². The second kappa shape index (κ2) is 3.55. The molecular weight excluding hydrogens is 224 g/mol. The van der Waals surface area contributed by atoms with Gasteiger partial charge >= 0.3 is 0 Å². The lowest BCUT2D eigenvalue weighted by atomic mass is 10.2.